The lowest BCUT2D eigenvalue weighted by Gasteiger charge is -2.02. The van der Waals surface area contributed by atoms with Crippen LogP contribution in [-0.4, -0.2) is 27.4 Å². The number of hydrogen-bond acceptors (Lipinski definition) is 5. The van der Waals surface area contributed by atoms with Gasteiger partial charge in [0.15, 0.2) is 0 Å². The third-order valence-corrected chi connectivity index (χ3v) is 3.21. The summed E-state index contributed by atoms with van der Waals surface area (Å²) in [6, 6.07) is 3.87. The molecule has 2 aromatic heterocycles. The fourth-order valence-corrected chi connectivity index (χ4v) is 2.21. The van der Waals surface area contributed by atoms with Gasteiger partial charge in [-0.15, -0.1) is 16.4 Å². The van der Waals surface area contributed by atoms with Crippen molar-refractivity contribution >= 4 is 17.2 Å². The molecule has 0 aromatic carbocycles. The van der Waals surface area contributed by atoms with Gasteiger partial charge in [-0.1, -0.05) is 17.1 Å². The van der Waals surface area contributed by atoms with E-state index in [0.717, 1.165) is 9.75 Å². The standard InChI is InChI=1S/C12H13N5OS/c13-5-1-2-10-3-4-11(19-10)8-14-12(18)9-17-7-6-15-16-17/h3-4,6-7H,5,8-9,13H2,(H,14,18). The minimum absolute atomic E-state index is 0.103. The van der Waals surface area contributed by atoms with Gasteiger partial charge in [-0.2, -0.15) is 0 Å². The van der Waals surface area contributed by atoms with E-state index < -0.39 is 0 Å². The SMILES string of the molecule is NCC#Cc1ccc(CNC(=O)Cn2ccnn2)s1. The summed E-state index contributed by atoms with van der Waals surface area (Å²) in [6.07, 6.45) is 3.18. The first kappa shape index (κ1) is 13.3. The molecule has 0 aliphatic carbocycles. The van der Waals surface area contributed by atoms with Gasteiger partial charge in [0.2, 0.25) is 5.91 Å². The van der Waals surface area contributed by atoms with Crippen molar-refractivity contribution in [2.45, 2.75) is 13.1 Å². The summed E-state index contributed by atoms with van der Waals surface area (Å²) in [5.41, 5.74) is 5.31. The molecule has 0 atom stereocenters. The lowest BCUT2D eigenvalue weighted by Crippen LogP contribution is -2.27. The first-order chi connectivity index (χ1) is 9.28. The van der Waals surface area contributed by atoms with Crippen LogP contribution in [0.4, 0.5) is 0 Å². The van der Waals surface area contributed by atoms with Crippen LogP contribution in [0.1, 0.15) is 9.75 Å². The third kappa shape index (κ3) is 4.21. The summed E-state index contributed by atoms with van der Waals surface area (Å²) in [6.45, 7) is 1.01. The van der Waals surface area contributed by atoms with Crippen LogP contribution in [0.15, 0.2) is 24.5 Å². The Morgan fingerprint density at radius 3 is 3.16 bits per heavy atom. The molecule has 2 aromatic rings. The highest BCUT2D eigenvalue weighted by atomic mass is 32.1. The molecule has 0 bridgehead atoms. The molecular formula is C12H13N5OS. The molecule has 0 radical (unpaired) electrons. The largest absolute Gasteiger partial charge is 0.350 e. The maximum absolute atomic E-state index is 11.6. The monoisotopic (exact) mass is 275 g/mol. The number of thiophene rings is 1. The van der Waals surface area contributed by atoms with E-state index in [1.165, 1.54) is 10.9 Å². The topological polar surface area (TPSA) is 85.8 Å². The molecule has 0 aliphatic rings. The normalized spacial score (nSPS) is 9.74. The van der Waals surface area contributed by atoms with Crippen molar-refractivity contribution in [2.24, 2.45) is 5.73 Å². The molecule has 7 heteroatoms. The van der Waals surface area contributed by atoms with Crippen LogP contribution in [0.2, 0.25) is 0 Å². The molecule has 0 fully saturated rings. The average molecular weight is 275 g/mol. The summed E-state index contributed by atoms with van der Waals surface area (Å²) in [7, 11) is 0. The molecule has 2 rings (SSSR count). The number of nitrogens with one attached hydrogen (secondary N) is 1. The number of aromatic nitrogens is 3. The van der Waals surface area contributed by atoms with Crippen LogP contribution in [0.5, 0.6) is 0 Å². The van der Waals surface area contributed by atoms with Crippen LogP contribution in [0.3, 0.4) is 0 Å². The smallest absolute Gasteiger partial charge is 0.242 e. The first-order valence-electron chi connectivity index (χ1n) is 5.66. The quantitative estimate of drug-likeness (QED) is 0.767. The number of carbonyl (C=O) groups excluding carboxylic acids is 1. The van der Waals surface area contributed by atoms with E-state index in [1.54, 1.807) is 17.5 Å². The average Bonchev–Trinajstić information content (AvgIpc) is 3.05. The molecular weight excluding hydrogens is 262 g/mol. The van der Waals surface area contributed by atoms with E-state index in [4.69, 9.17) is 5.73 Å². The van der Waals surface area contributed by atoms with E-state index >= 15 is 0 Å². The number of hydrogen-bond donors (Lipinski definition) is 2. The Kier molecular flexibility index (Phi) is 4.66. The summed E-state index contributed by atoms with van der Waals surface area (Å²) in [5, 5.41) is 10.2. The zero-order chi connectivity index (χ0) is 13.5. The minimum atomic E-state index is -0.103. The second-order valence-corrected chi connectivity index (χ2v) is 4.82. The summed E-state index contributed by atoms with van der Waals surface area (Å²) >= 11 is 1.54. The Labute approximate surface area is 114 Å². The Morgan fingerprint density at radius 2 is 2.42 bits per heavy atom. The number of rotatable bonds is 4. The maximum atomic E-state index is 11.6. The minimum Gasteiger partial charge on any atom is -0.350 e. The number of carbonyl (C=O) groups is 1. The Balaban J connectivity index is 1.81. The predicted octanol–water partition coefficient (Wildman–Crippen LogP) is -0.0338. The fraction of sp³-hybridized carbons (Fsp3) is 0.250. The number of amides is 1. The molecule has 98 valence electrons. The number of nitrogens with zero attached hydrogens (tertiary/aromatic N) is 3. The molecule has 2 heterocycles. The second-order valence-electron chi connectivity index (χ2n) is 3.65. The van der Waals surface area contributed by atoms with Crippen molar-refractivity contribution in [1.82, 2.24) is 20.3 Å². The summed E-state index contributed by atoms with van der Waals surface area (Å²) in [5.74, 6) is 5.65. The highest BCUT2D eigenvalue weighted by Crippen LogP contribution is 2.14. The van der Waals surface area contributed by atoms with E-state index in [1.807, 2.05) is 12.1 Å². The second kappa shape index (κ2) is 6.68. The molecule has 0 spiro atoms. The van der Waals surface area contributed by atoms with Gasteiger partial charge in [0, 0.05) is 11.1 Å². The summed E-state index contributed by atoms with van der Waals surface area (Å²) < 4.78 is 1.47. The third-order valence-electron chi connectivity index (χ3n) is 2.21. The molecule has 6 nitrogen and oxygen atoms in total. The Bertz CT molecular complexity index is 593. The lowest BCUT2D eigenvalue weighted by molar-refractivity contribution is -0.122. The van der Waals surface area contributed by atoms with E-state index in [0.29, 0.717) is 13.1 Å². The molecule has 0 aliphatic heterocycles. The molecule has 0 saturated heterocycles. The fourth-order valence-electron chi connectivity index (χ4n) is 1.38. The van der Waals surface area contributed by atoms with E-state index in [9.17, 15) is 4.79 Å². The summed E-state index contributed by atoms with van der Waals surface area (Å²) in [4.78, 5) is 13.6. The number of nitrogens with two attached hydrogens (primary N) is 1. The Morgan fingerprint density at radius 1 is 1.53 bits per heavy atom. The first-order valence-corrected chi connectivity index (χ1v) is 6.48. The van der Waals surface area contributed by atoms with Crippen molar-refractivity contribution in [3.8, 4) is 11.8 Å². The van der Waals surface area contributed by atoms with Crippen molar-refractivity contribution in [3.05, 3.63) is 34.3 Å². The van der Waals surface area contributed by atoms with E-state index in [-0.39, 0.29) is 12.5 Å². The van der Waals surface area contributed by atoms with Crippen LogP contribution in [-0.2, 0) is 17.9 Å². The zero-order valence-electron chi connectivity index (χ0n) is 10.2. The van der Waals surface area contributed by atoms with Gasteiger partial charge in [-0.05, 0) is 12.1 Å². The van der Waals surface area contributed by atoms with Crippen molar-refractivity contribution in [3.63, 3.8) is 0 Å². The van der Waals surface area contributed by atoms with Gasteiger partial charge in [0.05, 0.1) is 24.2 Å². The predicted molar refractivity (Wildman–Crippen MR) is 72.1 cm³/mol. The van der Waals surface area contributed by atoms with Gasteiger partial charge in [0.1, 0.15) is 6.54 Å². The molecule has 0 saturated carbocycles. The van der Waals surface area contributed by atoms with Crippen LogP contribution >= 0.6 is 11.3 Å². The molecule has 0 unspecified atom stereocenters. The van der Waals surface area contributed by atoms with Crippen LogP contribution in [0, 0.1) is 11.8 Å². The van der Waals surface area contributed by atoms with Gasteiger partial charge in [-0.25, -0.2) is 4.68 Å². The Hall–Kier alpha value is -2.17. The van der Waals surface area contributed by atoms with Crippen molar-refractivity contribution in [1.29, 1.82) is 0 Å². The lowest BCUT2D eigenvalue weighted by atomic mass is 10.4. The maximum Gasteiger partial charge on any atom is 0.242 e. The molecule has 1 amide bonds. The van der Waals surface area contributed by atoms with Crippen molar-refractivity contribution in [2.75, 3.05) is 6.54 Å². The van der Waals surface area contributed by atoms with Gasteiger partial charge >= 0.3 is 0 Å². The molecule has 3 N–H and O–H groups in total. The van der Waals surface area contributed by atoms with Crippen molar-refractivity contribution < 1.29 is 4.79 Å². The van der Waals surface area contributed by atoms with Crippen LogP contribution < -0.4 is 11.1 Å². The van der Waals surface area contributed by atoms with E-state index in [2.05, 4.69) is 27.5 Å². The highest BCUT2D eigenvalue weighted by molar-refractivity contribution is 7.12. The van der Waals surface area contributed by atoms with Crippen LogP contribution in [0.25, 0.3) is 0 Å². The van der Waals surface area contributed by atoms with Gasteiger partial charge in [0.25, 0.3) is 0 Å². The highest BCUT2D eigenvalue weighted by Gasteiger charge is 2.04. The van der Waals surface area contributed by atoms with Gasteiger partial charge < -0.3 is 11.1 Å². The molecule has 19 heavy (non-hydrogen) atoms. The zero-order valence-corrected chi connectivity index (χ0v) is 11.0. The van der Waals surface area contributed by atoms with Gasteiger partial charge in [-0.3, -0.25) is 4.79 Å².